The molecule has 0 aliphatic carbocycles. The molecule has 0 saturated heterocycles. The van der Waals surface area contributed by atoms with Crippen LogP contribution in [-0.2, 0) is 6.54 Å². The van der Waals surface area contributed by atoms with Crippen molar-refractivity contribution in [3.63, 3.8) is 0 Å². The molecule has 0 amide bonds. The summed E-state index contributed by atoms with van der Waals surface area (Å²) < 4.78 is 6.03. The Morgan fingerprint density at radius 3 is 2.52 bits per heavy atom. The van der Waals surface area contributed by atoms with Crippen LogP contribution in [0.5, 0.6) is 11.5 Å². The van der Waals surface area contributed by atoms with Gasteiger partial charge in [-0.15, -0.1) is 0 Å². The van der Waals surface area contributed by atoms with Gasteiger partial charge in [0.25, 0.3) is 0 Å². The van der Waals surface area contributed by atoms with Crippen LogP contribution in [0, 0.1) is 6.92 Å². The van der Waals surface area contributed by atoms with Gasteiger partial charge in [-0.1, -0.05) is 43.1 Å². The summed E-state index contributed by atoms with van der Waals surface area (Å²) in [5.41, 5.74) is 1.95. The minimum atomic E-state index is 0.381. The lowest BCUT2D eigenvalue weighted by Crippen LogP contribution is -2.22. The van der Waals surface area contributed by atoms with Gasteiger partial charge in [0.1, 0.15) is 11.5 Å². The van der Waals surface area contributed by atoms with Crippen molar-refractivity contribution in [3.8, 4) is 11.5 Å². The van der Waals surface area contributed by atoms with Gasteiger partial charge in [-0.2, -0.15) is 0 Å². The van der Waals surface area contributed by atoms with E-state index in [0.29, 0.717) is 22.6 Å². The van der Waals surface area contributed by atoms with Crippen LogP contribution in [0.4, 0.5) is 0 Å². The second kappa shape index (κ2) is 7.17. The molecular weight excluding hydrogens is 305 g/mol. The highest BCUT2D eigenvalue weighted by Crippen LogP contribution is 2.32. The molecule has 0 aromatic heterocycles. The molecule has 2 rings (SSSR count). The van der Waals surface area contributed by atoms with Gasteiger partial charge >= 0.3 is 0 Å². The van der Waals surface area contributed by atoms with Crippen LogP contribution in [0.1, 0.15) is 25.0 Å². The van der Waals surface area contributed by atoms with E-state index in [1.54, 1.807) is 0 Å². The van der Waals surface area contributed by atoms with E-state index in [4.69, 9.17) is 27.9 Å². The van der Waals surface area contributed by atoms with E-state index < -0.39 is 0 Å². The Morgan fingerprint density at radius 2 is 1.86 bits per heavy atom. The van der Waals surface area contributed by atoms with Crippen molar-refractivity contribution in [3.05, 3.63) is 57.6 Å². The molecule has 0 atom stereocenters. The van der Waals surface area contributed by atoms with Gasteiger partial charge in [0, 0.05) is 28.2 Å². The molecule has 4 heteroatoms. The zero-order chi connectivity index (χ0) is 15.4. The van der Waals surface area contributed by atoms with E-state index >= 15 is 0 Å². The van der Waals surface area contributed by atoms with E-state index in [9.17, 15) is 0 Å². The van der Waals surface area contributed by atoms with Crippen molar-refractivity contribution in [2.75, 3.05) is 0 Å². The minimum absolute atomic E-state index is 0.381. The molecule has 2 aromatic rings. The quantitative estimate of drug-likeness (QED) is 0.774. The zero-order valence-electron chi connectivity index (χ0n) is 12.4. The van der Waals surface area contributed by atoms with Crippen molar-refractivity contribution >= 4 is 23.2 Å². The number of halogens is 2. The molecule has 0 saturated carbocycles. The first kappa shape index (κ1) is 16.2. The van der Waals surface area contributed by atoms with E-state index in [1.165, 1.54) is 0 Å². The lowest BCUT2D eigenvalue weighted by molar-refractivity contribution is 0.466. The van der Waals surface area contributed by atoms with Gasteiger partial charge in [-0.25, -0.2) is 0 Å². The first-order valence-electron chi connectivity index (χ1n) is 6.92. The van der Waals surface area contributed by atoms with E-state index in [-0.39, 0.29) is 0 Å². The maximum absolute atomic E-state index is 6.30. The summed E-state index contributed by atoms with van der Waals surface area (Å²) in [6, 6.07) is 11.7. The zero-order valence-corrected chi connectivity index (χ0v) is 13.9. The standard InChI is InChI=1S/C17H19Cl2NO/c1-11(2)20-10-14-15(19)5-4-6-17(14)21-16-8-7-13(18)9-12(16)3/h4-9,11,20H,10H2,1-3H3. The normalized spacial score (nSPS) is 11.0. The van der Waals surface area contributed by atoms with Gasteiger partial charge in [0.15, 0.2) is 0 Å². The van der Waals surface area contributed by atoms with Crippen molar-refractivity contribution in [2.45, 2.75) is 33.4 Å². The molecule has 0 heterocycles. The van der Waals surface area contributed by atoms with Crippen molar-refractivity contribution < 1.29 is 4.74 Å². The third kappa shape index (κ3) is 4.37. The Labute approximate surface area is 136 Å². The van der Waals surface area contributed by atoms with Gasteiger partial charge < -0.3 is 10.1 Å². The molecule has 1 N–H and O–H groups in total. The second-order valence-electron chi connectivity index (χ2n) is 5.26. The molecule has 2 nitrogen and oxygen atoms in total. The van der Waals surface area contributed by atoms with Gasteiger partial charge in [-0.3, -0.25) is 0 Å². The summed E-state index contributed by atoms with van der Waals surface area (Å²) in [7, 11) is 0. The fraction of sp³-hybridized carbons (Fsp3) is 0.294. The molecular formula is C17H19Cl2NO. The fourth-order valence-corrected chi connectivity index (χ4v) is 2.42. The van der Waals surface area contributed by atoms with E-state index in [2.05, 4.69) is 19.2 Å². The Hall–Kier alpha value is -1.22. The minimum Gasteiger partial charge on any atom is -0.457 e. The molecule has 0 unspecified atom stereocenters. The third-order valence-corrected chi connectivity index (χ3v) is 3.71. The highest BCUT2D eigenvalue weighted by atomic mass is 35.5. The Balaban J connectivity index is 2.28. The van der Waals surface area contributed by atoms with E-state index in [1.807, 2.05) is 43.3 Å². The van der Waals surface area contributed by atoms with Crippen LogP contribution < -0.4 is 10.1 Å². The monoisotopic (exact) mass is 323 g/mol. The van der Waals surface area contributed by atoms with Crippen molar-refractivity contribution in [1.29, 1.82) is 0 Å². The highest BCUT2D eigenvalue weighted by molar-refractivity contribution is 6.31. The smallest absolute Gasteiger partial charge is 0.133 e. The molecule has 0 fully saturated rings. The van der Waals surface area contributed by atoms with Gasteiger partial charge in [-0.05, 0) is 42.8 Å². The topological polar surface area (TPSA) is 21.3 Å². The number of hydrogen-bond donors (Lipinski definition) is 1. The largest absolute Gasteiger partial charge is 0.457 e. The number of ether oxygens (including phenoxy) is 1. The van der Waals surface area contributed by atoms with Crippen molar-refractivity contribution in [1.82, 2.24) is 5.32 Å². The third-order valence-electron chi connectivity index (χ3n) is 3.12. The molecule has 0 aliphatic rings. The molecule has 21 heavy (non-hydrogen) atoms. The van der Waals surface area contributed by atoms with Crippen LogP contribution in [-0.4, -0.2) is 6.04 Å². The SMILES string of the molecule is Cc1cc(Cl)ccc1Oc1cccc(Cl)c1CNC(C)C. The van der Waals surface area contributed by atoms with Gasteiger partial charge in [0.2, 0.25) is 0 Å². The molecule has 0 aliphatic heterocycles. The molecule has 2 aromatic carbocycles. The molecule has 0 spiro atoms. The highest BCUT2D eigenvalue weighted by Gasteiger charge is 2.11. The van der Waals surface area contributed by atoms with Crippen LogP contribution in [0.2, 0.25) is 10.0 Å². The first-order chi connectivity index (χ1) is 9.97. The fourth-order valence-electron chi connectivity index (χ4n) is 1.96. The number of hydrogen-bond acceptors (Lipinski definition) is 2. The Bertz CT molecular complexity index is 626. The number of nitrogens with one attached hydrogen (secondary N) is 1. The second-order valence-corrected chi connectivity index (χ2v) is 6.11. The average molecular weight is 324 g/mol. The van der Waals surface area contributed by atoms with Crippen LogP contribution in [0.15, 0.2) is 36.4 Å². The molecule has 112 valence electrons. The van der Waals surface area contributed by atoms with Crippen molar-refractivity contribution in [2.24, 2.45) is 0 Å². The summed E-state index contributed by atoms with van der Waals surface area (Å²) in [6.45, 7) is 6.83. The van der Waals surface area contributed by atoms with Crippen LogP contribution in [0.25, 0.3) is 0 Å². The number of benzene rings is 2. The van der Waals surface area contributed by atoms with Crippen LogP contribution >= 0.6 is 23.2 Å². The molecule has 0 radical (unpaired) electrons. The average Bonchev–Trinajstić information content (AvgIpc) is 2.41. The lowest BCUT2D eigenvalue weighted by Gasteiger charge is -2.16. The summed E-state index contributed by atoms with van der Waals surface area (Å²) in [5.74, 6) is 1.55. The number of aryl methyl sites for hydroxylation is 1. The maximum atomic E-state index is 6.30. The van der Waals surface area contributed by atoms with Crippen LogP contribution in [0.3, 0.4) is 0 Å². The Morgan fingerprint density at radius 1 is 1.10 bits per heavy atom. The predicted molar refractivity (Wildman–Crippen MR) is 89.7 cm³/mol. The van der Waals surface area contributed by atoms with Gasteiger partial charge in [0.05, 0.1) is 0 Å². The maximum Gasteiger partial charge on any atom is 0.133 e. The summed E-state index contributed by atoms with van der Waals surface area (Å²) in [4.78, 5) is 0. The summed E-state index contributed by atoms with van der Waals surface area (Å²) >= 11 is 12.3. The summed E-state index contributed by atoms with van der Waals surface area (Å²) in [5, 5.41) is 4.77. The lowest BCUT2D eigenvalue weighted by atomic mass is 10.1. The first-order valence-corrected chi connectivity index (χ1v) is 7.67. The number of rotatable bonds is 5. The van der Waals surface area contributed by atoms with E-state index in [0.717, 1.165) is 22.6 Å². The molecule has 0 bridgehead atoms. The summed E-state index contributed by atoms with van der Waals surface area (Å²) in [6.07, 6.45) is 0. The Kier molecular flexibility index (Phi) is 5.51. The predicted octanol–water partition coefficient (Wildman–Crippen LogP) is 5.59.